The van der Waals surface area contributed by atoms with E-state index in [4.69, 9.17) is 0 Å². The second-order valence-electron chi connectivity index (χ2n) is 4.21. The molecule has 84 valence electrons. The standard InChI is InChI=1S/C14H23N/c1-4-6-11-15(5-2)12-14-9-7-13(3)8-10-14/h7-10H,4-6,11-12H2,1-3H3. The lowest BCUT2D eigenvalue weighted by atomic mass is 10.1. The SMILES string of the molecule is CCCCN(CC)Cc1ccc(C)cc1. The average Bonchev–Trinajstić information content (AvgIpc) is 2.27. The lowest BCUT2D eigenvalue weighted by Gasteiger charge is -2.20. The van der Waals surface area contributed by atoms with Gasteiger partial charge in [-0.25, -0.2) is 0 Å². The van der Waals surface area contributed by atoms with E-state index in [2.05, 4.69) is 49.9 Å². The second kappa shape index (κ2) is 6.62. The van der Waals surface area contributed by atoms with Gasteiger partial charge in [-0.3, -0.25) is 4.90 Å². The van der Waals surface area contributed by atoms with Crippen LogP contribution < -0.4 is 0 Å². The van der Waals surface area contributed by atoms with Crippen molar-refractivity contribution in [1.29, 1.82) is 0 Å². The summed E-state index contributed by atoms with van der Waals surface area (Å²) in [5, 5.41) is 0. The van der Waals surface area contributed by atoms with E-state index in [1.807, 2.05) is 0 Å². The van der Waals surface area contributed by atoms with Crippen LogP contribution in [0.3, 0.4) is 0 Å². The van der Waals surface area contributed by atoms with Gasteiger partial charge in [-0.15, -0.1) is 0 Å². The Morgan fingerprint density at radius 2 is 1.73 bits per heavy atom. The van der Waals surface area contributed by atoms with Crippen molar-refractivity contribution >= 4 is 0 Å². The van der Waals surface area contributed by atoms with Gasteiger partial charge in [0.1, 0.15) is 0 Å². The predicted molar refractivity (Wildman–Crippen MR) is 67.0 cm³/mol. The summed E-state index contributed by atoms with van der Waals surface area (Å²) < 4.78 is 0. The summed E-state index contributed by atoms with van der Waals surface area (Å²) in [5.41, 5.74) is 2.77. The molecule has 0 unspecified atom stereocenters. The topological polar surface area (TPSA) is 3.24 Å². The Kier molecular flexibility index (Phi) is 5.41. The third-order valence-corrected chi connectivity index (χ3v) is 2.80. The molecule has 0 N–H and O–H groups in total. The Morgan fingerprint density at radius 3 is 2.27 bits per heavy atom. The van der Waals surface area contributed by atoms with Gasteiger partial charge >= 0.3 is 0 Å². The molecule has 0 aliphatic rings. The van der Waals surface area contributed by atoms with E-state index in [1.54, 1.807) is 0 Å². The van der Waals surface area contributed by atoms with Gasteiger partial charge < -0.3 is 0 Å². The lowest BCUT2D eigenvalue weighted by molar-refractivity contribution is 0.275. The van der Waals surface area contributed by atoms with Gasteiger partial charge in [-0.1, -0.05) is 50.1 Å². The highest BCUT2D eigenvalue weighted by molar-refractivity contribution is 5.21. The maximum atomic E-state index is 2.51. The molecule has 0 bridgehead atoms. The van der Waals surface area contributed by atoms with E-state index in [-0.39, 0.29) is 0 Å². The molecule has 1 nitrogen and oxygen atoms in total. The van der Waals surface area contributed by atoms with Crippen LogP contribution in [0, 0.1) is 6.92 Å². The van der Waals surface area contributed by atoms with Crippen molar-refractivity contribution in [3.05, 3.63) is 35.4 Å². The number of rotatable bonds is 6. The van der Waals surface area contributed by atoms with Crippen molar-refractivity contribution in [3.63, 3.8) is 0 Å². The fourth-order valence-corrected chi connectivity index (χ4v) is 1.68. The highest BCUT2D eigenvalue weighted by Gasteiger charge is 2.02. The average molecular weight is 205 g/mol. The monoisotopic (exact) mass is 205 g/mol. The van der Waals surface area contributed by atoms with Crippen LogP contribution in [0.4, 0.5) is 0 Å². The summed E-state index contributed by atoms with van der Waals surface area (Å²) in [6.45, 7) is 10.1. The molecule has 0 spiro atoms. The number of unbranched alkanes of at least 4 members (excludes halogenated alkanes) is 1. The Morgan fingerprint density at radius 1 is 1.07 bits per heavy atom. The predicted octanol–water partition coefficient (Wildman–Crippen LogP) is 3.62. The molecule has 0 heterocycles. The molecular weight excluding hydrogens is 182 g/mol. The van der Waals surface area contributed by atoms with Gasteiger partial charge in [0.25, 0.3) is 0 Å². The van der Waals surface area contributed by atoms with E-state index in [1.165, 1.54) is 30.5 Å². The second-order valence-corrected chi connectivity index (χ2v) is 4.21. The Bertz CT molecular complexity index is 263. The molecule has 0 fully saturated rings. The minimum atomic E-state index is 1.09. The van der Waals surface area contributed by atoms with Crippen molar-refractivity contribution in [2.45, 2.75) is 40.2 Å². The molecule has 1 aromatic rings. The molecule has 0 aliphatic heterocycles. The first-order valence-electron chi connectivity index (χ1n) is 6.04. The fourth-order valence-electron chi connectivity index (χ4n) is 1.68. The number of benzene rings is 1. The van der Waals surface area contributed by atoms with Gasteiger partial charge in [-0.05, 0) is 32.0 Å². The van der Waals surface area contributed by atoms with E-state index >= 15 is 0 Å². The first-order valence-corrected chi connectivity index (χ1v) is 6.04. The smallest absolute Gasteiger partial charge is 0.0233 e. The van der Waals surface area contributed by atoms with E-state index < -0.39 is 0 Å². The van der Waals surface area contributed by atoms with Crippen molar-refractivity contribution in [2.75, 3.05) is 13.1 Å². The van der Waals surface area contributed by atoms with E-state index in [0.717, 1.165) is 13.1 Å². The zero-order chi connectivity index (χ0) is 11.1. The molecule has 0 atom stereocenters. The zero-order valence-corrected chi connectivity index (χ0v) is 10.3. The van der Waals surface area contributed by atoms with Crippen molar-refractivity contribution < 1.29 is 0 Å². The van der Waals surface area contributed by atoms with Crippen LogP contribution in [-0.2, 0) is 6.54 Å². The summed E-state index contributed by atoms with van der Waals surface area (Å²) in [5.74, 6) is 0. The Hall–Kier alpha value is -0.820. The molecule has 1 aromatic carbocycles. The van der Waals surface area contributed by atoms with E-state index in [0.29, 0.717) is 0 Å². The van der Waals surface area contributed by atoms with Crippen LogP contribution in [0.15, 0.2) is 24.3 Å². The van der Waals surface area contributed by atoms with Gasteiger partial charge in [0.2, 0.25) is 0 Å². The molecule has 0 saturated carbocycles. The first-order chi connectivity index (χ1) is 7.26. The highest BCUT2D eigenvalue weighted by atomic mass is 15.1. The maximum absolute atomic E-state index is 2.51. The van der Waals surface area contributed by atoms with Crippen molar-refractivity contribution in [1.82, 2.24) is 4.90 Å². The van der Waals surface area contributed by atoms with Crippen molar-refractivity contribution in [2.24, 2.45) is 0 Å². The van der Waals surface area contributed by atoms with Gasteiger partial charge in [-0.2, -0.15) is 0 Å². The fraction of sp³-hybridized carbons (Fsp3) is 0.571. The minimum Gasteiger partial charge on any atom is -0.299 e. The number of hydrogen-bond acceptors (Lipinski definition) is 1. The van der Waals surface area contributed by atoms with Crippen LogP contribution in [0.2, 0.25) is 0 Å². The molecule has 1 rings (SSSR count). The minimum absolute atomic E-state index is 1.09. The molecule has 1 heteroatoms. The van der Waals surface area contributed by atoms with Crippen LogP contribution in [-0.4, -0.2) is 18.0 Å². The summed E-state index contributed by atoms with van der Waals surface area (Å²) in [6.07, 6.45) is 2.59. The quantitative estimate of drug-likeness (QED) is 0.685. The molecule has 15 heavy (non-hydrogen) atoms. The number of nitrogens with zero attached hydrogens (tertiary/aromatic N) is 1. The Balaban J connectivity index is 2.47. The molecular formula is C14H23N. The lowest BCUT2D eigenvalue weighted by Crippen LogP contribution is -2.23. The normalized spacial score (nSPS) is 10.9. The van der Waals surface area contributed by atoms with Gasteiger partial charge in [0.05, 0.1) is 0 Å². The molecule has 0 amide bonds. The number of aryl methyl sites for hydroxylation is 1. The summed E-state index contributed by atoms with van der Waals surface area (Å²) in [6, 6.07) is 8.87. The third-order valence-electron chi connectivity index (χ3n) is 2.80. The van der Waals surface area contributed by atoms with Crippen molar-refractivity contribution in [3.8, 4) is 0 Å². The summed E-state index contributed by atoms with van der Waals surface area (Å²) >= 11 is 0. The molecule has 0 saturated heterocycles. The van der Waals surface area contributed by atoms with Crippen LogP contribution >= 0.6 is 0 Å². The van der Waals surface area contributed by atoms with Gasteiger partial charge in [0, 0.05) is 6.54 Å². The van der Waals surface area contributed by atoms with Crippen LogP contribution in [0.1, 0.15) is 37.8 Å². The van der Waals surface area contributed by atoms with Gasteiger partial charge in [0.15, 0.2) is 0 Å². The van der Waals surface area contributed by atoms with E-state index in [9.17, 15) is 0 Å². The number of hydrogen-bond donors (Lipinski definition) is 0. The molecule has 0 aromatic heterocycles. The Labute approximate surface area is 94.1 Å². The zero-order valence-electron chi connectivity index (χ0n) is 10.3. The van der Waals surface area contributed by atoms with Crippen LogP contribution in [0.5, 0.6) is 0 Å². The molecule has 0 aliphatic carbocycles. The molecule has 0 radical (unpaired) electrons. The summed E-state index contributed by atoms with van der Waals surface area (Å²) in [7, 11) is 0. The first kappa shape index (κ1) is 12.3. The maximum Gasteiger partial charge on any atom is 0.0233 e. The van der Waals surface area contributed by atoms with Crippen LogP contribution in [0.25, 0.3) is 0 Å². The third kappa shape index (κ3) is 4.48. The summed E-state index contributed by atoms with van der Waals surface area (Å²) in [4.78, 5) is 2.51. The highest BCUT2D eigenvalue weighted by Crippen LogP contribution is 2.07. The largest absolute Gasteiger partial charge is 0.299 e.